The molecule has 1 saturated carbocycles. The lowest BCUT2D eigenvalue weighted by molar-refractivity contribution is -0.147. The van der Waals surface area contributed by atoms with Crippen LogP contribution >= 0.6 is 0 Å². The number of carbonyl (C=O) groups excluding carboxylic acids is 1. The Kier molecular flexibility index (Phi) is 5.88. The van der Waals surface area contributed by atoms with E-state index in [4.69, 9.17) is 9.47 Å². The van der Waals surface area contributed by atoms with Gasteiger partial charge in [-0.05, 0) is 30.9 Å². The van der Waals surface area contributed by atoms with Crippen molar-refractivity contribution in [1.82, 2.24) is 9.55 Å². The predicted molar refractivity (Wildman–Crippen MR) is 97.2 cm³/mol. The van der Waals surface area contributed by atoms with Crippen LogP contribution < -0.4 is 11.2 Å². The molecule has 26 heavy (non-hydrogen) atoms. The van der Waals surface area contributed by atoms with Gasteiger partial charge in [0.1, 0.15) is 13.2 Å². The van der Waals surface area contributed by atoms with Crippen molar-refractivity contribution in [2.45, 2.75) is 45.3 Å². The number of para-hydroxylation sites is 1. The maximum absolute atomic E-state index is 12.4. The first-order valence-electron chi connectivity index (χ1n) is 9.05. The van der Waals surface area contributed by atoms with Crippen LogP contribution in [-0.2, 0) is 20.8 Å². The van der Waals surface area contributed by atoms with Gasteiger partial charge in [0.15, 0.2) is 0 Å². The highest BCUT2D eigenvalue weighted by molar-refractivity contribution is 5.77. The summed E-state index contributed by atoms with van der Waals surface area (Å²) in [5.74, 6) is -0.109. The van der Waals surface area contributed by atoms with Crippen molar-refractivity contribution in [2.75, 3.05) is 13.2 Å². The molecule has 0 amide bonds. The number of aromatic amines is 1. The minimum Gasteiger partial charge on any atom is -0.462 e. The molecule has 7 heteroatoms. The Bertz CT molecular complexity index is 885. The van der Waals surface area contributed by atoms with Gasteiger partial charge < -0.3 is 14.5 Å². The van der Waals surface area contributed by atoms with E-state index in [0.717, 1.165) is 17.4 Å². The molecule has 3 rings (SSSR count). The van der Waals surface area contributed by atoms with Crippen LogP contribution in [0.2, 0.25) is 0 Å². The van der Waals surface area contributed by atoms with Gasteiger partial charge in [-0.25, -0.2) is 9.36 Å². The Labute approximate surface area is 150 Å². The molecule has 0 radical (unpaired) electrons. The molecular weight excluding hydrogens is 336 g/mol. The van der Waals surface area contributed by atoms with Crippen LogP contribution in [0.3, 0.4) is 0 Å². The fourth-order valence-corrected chi connectivity index (χ4v) is 3.40. The number of benzene rings is 1. The fourth-order valence-electron chi connectivity index (χ4n) is 3.40. The van der Waals surface area contributed by atoms with Crippen LogP contribution in [0.15, 0.2) is 33.9 Å². The molecule has 0 bridgehead atoms. The molecule has 1 aromatic carbocycles. The number of nitrogens with one attached hydrogen (secondary N) is 1. The molecule has 0 unspecified atom stereocenters. The summed E-state index contributed by atoms with van der Waals surface area (Å²) in [6.45, 7) is 2.19. The molecule has 1 heterocycles. The number of rotatable bonds is 6. The number of ether oxygens (including phenoxy) is 2. The van der Waals surface area contributed by atoms with Gasteiger partial charge in [0.05, 0.1) is 23.6 Å². The van der Waals surface area contributed by atoms with Crippen molar-refractivity contribution in [2.24, 2.45) is 5.92 Å². The summed E-state index contributed by atoms with van der Waals surface area (Å²) in [5.41, 5.74) is -0.686. The van der Waals surface area contributed by atoms with E-state index in [1.54, 1.807) is 24.3 Å². The third-order valence-corrected chi connectivity index (χ3v) is 4.89. The second-order valence-electron chi connectivity index (χ2n) is 6.76. The topological polar surface area (TPSA) is 90.4 Å². The SMILES string of the molecule is C[C@H]1CCCC[C@@H]1OCCOC(=O)Cn1c(=O)[nH]c2ccccc2c1=O. The number of fused-ring (bicyclic) bond motifs is 1. The van der Waals surface area contributed by atoms with Crippen LogP contribution in [0.5, 0.6) is 0 Å². The second-order valence-corrected chi connectivity index (χ2v) is 6.76. The normalized spacial score (nSPS) is 20.2. The Morgan fingerprint density at radius 1 is 1.19 bits per heavy atom. The third-order valence-electron chi connectivity index (χ3n) is 4.89. The van der Waals surface area contributed by atoms with Crippen molar-refractivity contribution in [3.8, 4) is 0 Å². The maximum Gasteiger partial charge on any atom is 0.329 e. The van der Waals surface area contributed by atoms with Crippen molar-refractivity contribution >= 4 is 16.9 Å². The first-order chi connectivity index (χ1) is 12.6. The van der Waals surface area contributed by atoms with Gasteiger partial charge in [-0.2, -0.15) is 0 Å². The number of esters is 1. The van der Waals surface area contributed by atoms with Crippen molar-refractivity contribution in [3.05, 3.63) is 45.1 Å². The Hall–Kier alpha value is -2.41. The minimum atomic E-state index is -0.631. The molecule has 0 saturated heterocycles. The van der Waals surface area contributed by atoms with Crippen molar-refractivity contribution in [1.29, 1.82) is 0 Å². The zero-order chi connectivity index (χ0) is 18.5. The quantitative estimate of drug-likeness (QED) is 0.627. The van der Waals surface area contributed by atoms with E-state index < -0.39 is 23.8 Å². The first kappa shape index (κ1) is 18.4. The summed E-state index contributed by atoms with van der Waals surface area (Å²) >= 11 is 0. The average Bonchev–Trinajstić information content (AvgIpc) is 2.63. The largest absolute Gasteiger partial charge is 0.462 e. The molecule has 1 aromatic heterocycles. The smallest absolute Gasteiger partial charge is 0.329 e. The summed E-state index contributed by atoms with van der Waals surface area (Å²) in [7, 11) is 0. The summed E-state index contributed by atoms with van der Waals surface area (Å²) < 4.78 is 11.8. The second kappa shape index (κ2) is 8.31. The van der Waals surface area contributed by atoms with Gasteiger partial charge in [0.2, 0.25) is 0 Å². The van der Waals surface area contributed by atoms with Crippen LogP contribution in [0.4, 0.5) is 0 Å². The van der Waals surface area contributed by atoms with E-state index in [-0.39, 0.29) is 12.7 Å². The lowest BCUT2D eigenvalue weighted by Gasteiger charge is -2.28. The number of hydrogen-bond acceptors (Lipinski definition) is 5. The number of carbonyl (C=O) groups is 1. The third kappa shape index (κ3) is 4.22. The molecule has 1 aliphatic carbocycles. The van der Waals surface area contributed by atoms with Gasteiger partial charge in [0, 0.05) is 0 Å². The molecule has 1 N–H and O–H groups in total. The molecular formula is C19H24N2O5. The summed E-state index contributed by atoms with van der Waals surface area (Å²) in [5, 5.41) is 0.356. The van der Waals surface area contributed by atoms with E-state index in [2.05, 4.69) is 11.9 Å². The standard InChI is InChI=1S/C19H24N2O5/c1-13-6-2-5-9-16(13)25-10-11-26-17(22)12-21-18(23)14-7-3-4-8-15(14)20-19(21)24/h3-4,7-8,13,16H,2,5-6,9-12H2,1H3,(H,20,24)/t13-,16-/m0/s1. The highest BCUT2D eigenvalue weighted by Crippen LogP contribution is 2.26. The number of nitrogens with zero attached hydrogens (tertiary/aromatic N) is 1. The lowest BCUT2D eigenvalue weighted by atomic mass is 9.88. The van der Waals surface area contributed by atoms with E-state index in [0.29, 0.717) is 23.4 Å². The van der Waals surface area contributed by atoms with Crippen molar-refractivity contribution in [3.63, 3.8) is 0 Å². The van der Waals surface area contributed by atoms with E-state index >= 15 is 0 Å². The van der Waals surface area contributed by atoms with Gasteiger partial charge in [0.25, 0.3) is 5.56 Å². The maximum atomic E-state index is 12.4. The highest BCUT2D eigenvalue weighted by Gasteiger charge is 2.21. The number of H-pyrrole nitrogens is 1. The molecule has 140 valence electrons. The minimum absolute atomic E-state index is 0.113. The van der Waals surface area contributed by atoms with Gasteiger partial charge in [-0.1, -0.05) is 31.9 Å². The van der Waals surface area contributed by atoms with Gasteiger partial charge in [-0.3, -0.25) is 9.59 Å². The van der Waals surface area contributed by atoms with Gasteiger partial charge >= 0.3 is 11.7 Å². The van der Waals surface area contributed by atoms with Gasteiger partial charge in [-0.15, -0.1) is 0 Å². The average molecular weight is 360 g/mol. The summed E-state index contributed by atoms with van der Waals surface area (Å²) in [4.78, 5) is 39.0. The van der Waals surface area contributed by atoms with E-state index in [1.807, 2.05) is 0 Å². The molecule has 0 aliphatic heterocycles. The van der Waals surface area contributed by atoms with Crippen LogP contribution in [0, 0.1) is 5.92 Å². The van der Waals surface area contributed by atoms with Crippen LogP contribution in [-0.4, -0.2) is 34.8 Å². The van der Waals surface area contributed by atoms with Crippen LogP contribution in [0.1, 0.15) is 32.6 Å². The number of hydrogen-bond donors (Lipinski definition) is 1. The molecule has 2 atom stereocenters. The molecule has 1 fully saturated rings. The fraction of sp³-hybridized carbons (Fsp3) is 0.526. The monoisotopic (exact) mass is 360 g/mol. The Morgan fingerprint density at radius 2 is 1.96 bits per heavy atom. The summed E-state index contributed by atoms with van der Waals surface area (Å²) in [6.07, 6.45) is 4.83. The van der Waals surface area contributed by atoms with Crippen molar-refractivity contribution < 1.29 is 14.3 Å². The highest BCUT2D eigenvalue weighted by atomic mass is 16.6. The summed E-state index contributed by atoms with van der Waals surface area (Å²) in [6, 6.07) is 6.68. The molecule has 7 nitrogen and oxygen atoms in total. The molecule has 0 spiro atoms. The van der Waals surface area contributed by atoms with E-state index in [1.165, 1.54) is 12.8 Å². The Morgan fingerprint density at radius 3 is 2.77 bits per heavy atom. The Balaban J connectivity index is 1.54. The first-order valence-corrected chi connectivity index (χ1v) is 9.05. The van der Waals surface area contributed by atoms with Crippen LogP contribution in [0.25, 0.3) is 10.9 Å². The molecule has 1 aliphatic rings. The zero-order valence-corrected chi connectivity index (χ0v) is 14.9. The van der Waals surface area contributed by atoms with E-state index in [9.17, 15) is 14.4 Å². The predicted octanol–water partition coefficient (Wildman–Crippen LogP) is 1.83. The number of aromatic nitrogens is 2. The molecule has 2 aromatic rings. The zero-order valence-electron chi connectivity index (χ0n) is 14.9. The lowest BCUT2D eigenvalue weighted by Crippen LogP contribution is -2.38.